The van der Waals surface area contributed by atoms with Crippen molar-refractivity contribution in [3.63, 3.8) is 0 Å². The van der Waals surface area contributed by atoms with Gasteiger partial charge in [0.25, 0.3) is 0 Å². The van der Waals surface area contributed by atoms with Crippen molar-refractivity contribution in [2.75, 3.05) is 5.32 Å². The SMILES string of the molecule is CC12CCC(C(=O)Nc3ccccc3)(C/C1=N\OC(=O)c1ccccc1Br)C2(C)C. The fraction of sp³-hybridized carbons (Fsp3) is 0.375. The number of carbonyl (C=O) groups is 2. The molecule has 2 atom stereocenters. The van der Waals surface area contributed by atoms with Gasteiger partial charge in [0.1, 0.15) is 0 Å². The largest absolute Gasteiger partial charge is 0.366 e. The minimum atomic E-state index is -0.587. The molecule has 0 radical (unpaired) electrons. The number of oxime groups is 1. The molecule has 156 valence electrons. The summed E-state index contributed by atoms with van der Waals surface area (Å²) < 4.78 is 0.661. The third kappa shape index (κ3) is 3.00. The van der Waals surface area contributed by atoms with Gasteiger partial charge >= 0.3 is 5.97 Å². The van der Waals surface area contributed by atoms with Gasteiger partial charge in [-0.05, 0) is 58.5 Å². The Kier molecular flexibility index (Phi) is 5.09. The molecule has 0 saturated heterocycles. The maximum Gasteiger partial charge on any atom is 0.366 e. The van der Waals surface area contributed by atoms with Crippen molar-refractivity contribution in [2.45, 2.75) is 40.0 Å². The summed E-state index contributed by atoms with van der Waals surface area (Å²) in [7, 11) is 0. The van der Waals surface area contributed by atoms with Gasteiger partial charge in [0.2, 0.25) is 5.91 Å². The van der Waals surface area contributed by atoms with E-state index in [2.05, 4.69) is 47.2 Å². The Morgan fingerprint density at radius 2 is 1.67 bits per heavy atom. The van der Waals surface area contributed by atoms with Crippen LogP contribution >= 0.6 is 15.9 Å². The first-order chi connectivity index (χ1) is 14.2. The molecule has 2 unspecified atom stereocenters. The Labute approximate surface area is 185 Å². The molecule has 4 rings (SSSR count). The van der Waals surface area contributed by atoms with Crippen molar-refractivity contribution < 1.29 is 14.4 Å². The highest BCUT2D eigenvalue weighted by atomic mass is 79.9. The average Bonchev–Trinajstić information content (AvgIpc) is 3.04. The van der Waals surface area contributed by atoms with E-state index < -0.39 is 11.4 Å². The van der Waals surface area contributed by atoms with Crippen LogP contribution < -0.4 is 5.32 Å². The van der Waals surface area contributed by atoms with Crippen molar-refractivity contribution in [3.8, 4) is 0 Å². The van der Waals surface area contributed by atoms with Gasteiger partial charge in [-0.25, -0.2) is 4.79 Å². The quantitative estimate of drug-likeness (QED) is 0.454. The van der Waals surface area contributed by atoms with Crippen molar-refractivity contribution in [2.24, 2.45) is 21.4 Å². The van der Waals surface area contributed by atoms with E-state index in [0.717, 1.165) is 24.2 Å². The fourth-order valence-corrected chi connectivity index (χ4v) is 5.51. The van der Waals surface area contributed by atoms with Crippen LogP contribution in [0.4, 0.5) is 5.69 Å². The van der Waals surface area contributed by atoms with E-state index in [9.17, 15) is 9.59 Å². The van der Waals surface area contributed by atoms with Crippen LogP contribution in [0, 0.1) is 16.2 Å². The molecule has 2 bridgehead atoms. The number of fused-ring (bicyclic) bond motifs is 2. The first kappa shape index (κ1) is 20.8. The molecule has 0 aromatic heterocycles. The Morgan fingerprint density at radius 1 is 1.00 bits per heavy atom. The molecule has 2 saturated carbocycles. The van der Waals surface area contributed by atoms with Crippen LogP contribution in [0.5, 0.6) is 0 Å². The monoisotopic (exact) mass is 468 g/mol. The zero-order valence-corrected chi connectivity index (χ0v) is 19.0. The molecule has 2 aliphatic rings. The number of hydrogen-bond donors (Lipinski definition) is 1. The zero-order valence-electron chi connectivity index (χ0n) is 17.4. The van der Waals surface area contributed by atoms with Gasteiger partial charge < -0.3 is 10.2 Å². The molecule has 0 spiro atoms. The number of benzene rings is 2. The summed E-state index contributed by atoms with van der Waals surface area (Å²) in [6, 6.07) is 16.6. The molecule has 2 aromatic rings. The summed E-state index contributed by atoms with van der Waals surface area (Å²) >= 11 is 3.37. The standard InChI is InChI=1S/C24H25BrN2O3/c1-22(2)23(3)13-14-24(22,21(29)26-16-9-5-4-6-10-16)15-19(23)27-30-20(28)17-11-7-8-12-18(17)25/h4-12H,13-15H2,1-3H3,(H,26,29)/b27-19+. The number of rotatable bonds is 4. The molecule has 1 amide bonds. The zero-order chi connectivity index (χ0) is 21.6. The van der Waals surface area contributed by atoms with Crippen LogP contribution in [0.2, 0.25) is 0 Å². The van der Waals surface area contributed by atoms with E-state index in [-0.39, 0.29) is 16.7 Å². The topological polar surface area (TPSA) is 67.8 Å². The predicted octanol–water partition coefficient (Wildman–Crippen LogP) is 5.82. The minimum Gasteiger partial charge on any atom is -0.326 e. The van der Waals surface area contributed by atoms with Gasteiger partial charge in [0, 0.05) is 22.0 Å². The lowest BCUT2D eigenvalue weighted by Gasteiger charge is -2.39. The summed E-state index contributed by atoms with van der Waals surface area (Å²) in [5.41, 5.74) is 0.767. The van der Waals surface area contributed by atoms with Crippen molar-refractivity contribution in [1.29, 1.82) is 0 Å². The van der Waals surface area contributed by atoms with Crippen LogP contribution in [0.25, 0.3) is 0 Å². The molecular formula is C24H25BrN2O3. The maximum atomic E-state index is 13.4. The number of anilines is 1. The second kappa shape index (κ2) is 7.34. The van der Waals surface area contributed by atoms with Gasteiger partial charge in [-0.2, -0.15) is 0 Å². The van der Waals surface area contributed by atoms with Gasteiger partial charge in [-0.3, -0.25) is 4.79 Å². The fourth-order valence-electron chi connectivity index (χ4n) is 5.07. The molecule has 6 heteroatoms. The lowest BCUT2D eigenvalue weighted by atomic mass is 9.64. The third-order valence-corrected chi connectivity index (χ3v) is 8.22. The van der Waals surface area contributed by atoms with Crippen molar-refractivity contribution >= 4 is 39.2 Å². The van der Waals surface area contributed by atoms with Gasteiger partial charge in [-0.1, -0.05) is 56.3 Å². The predicted molar refractivity (Wildman–Crippen MR) is 120 cm³/mol. The Bertz CT molecular complexity index is 1030. The van der Waals surface area contributed by atoms with E-state index in [1.165, 1.54) is 0 Å². The highest BCUT2D eigenvalue weighted by molar-refractivity contribution is 9.10. The summed E-state index contributed by atoms with van der Waals surface area (Å²) in [4.78, 5) is 31.3. The van der Waals surface area contributed by atoms with Crippen LogP contribution in [0.15, 0.2) is 64.2 Å². The number of amides is 1. The van der Waals surface area contributed by atoms with Crippen LogP contribution in [0.3, 0.4) is 0 Å². The van der Waals surface area contributed by atoms with E-state index in [1.54, 1.807) is 18.2 Å². The second-order valence-electron chi connectivity index (χ2n) is 8.93. The highest BCUT2D eigenvalue weighted by Gasteiger charge is 2.71. The Hall–Kier alpha value is -2.47. The normalized spacial score (nSPS) is 27.8. The second-order valence-corrected chi connectivity index (χ2v) is 9.79. The number of nitrogens with zero attached hydrogens (tertiary/aromatic N) is 1. The number of halogens is 1. The molecule has 0 aliphatic heterocycles. The average molecular weight is 469 g/mol. The smallest absolute Gasteiger partial charge is 0.326 e. The van der Waals surface area contributed by atoms with Crippen LogP contribution in [-0.2, 0) is 9.63 Å². The van der Waals surface area contributed by atoms with Gasteiger partial charge in [0.15, 0.2) is 0 Å². The van der Waals surface area contributed by atoms with E-state index in [0.29, 0.717) is 16.5 Å². The Balaban J connectivity index is 1.60. The molecule has 0 heterocycles. The molecule has 2 aromatic carbocycles. The lowest BCUT2D eigenvalue weighted by molar-refractivity contribution is -0.130. The minimum absolute atomic E-state index is 0.00440. The van der Waals surface area contributed by atoms with Crippen LogP contribution in [-0.4, -0.2) is 17.6 Å². The molecule has 5 nitrogen and oxygen atoms in total. The number of para-hydroxylation sites is 1. The van der Waals surface area contributed by atoms with Crippen LogP contribution in [0.1, 0.15) is 50.4 Å². The molecule has 2 fully saturated rings. The molecule has 2 aliphatic carbocycles. The first-order valence-corrected chi connectivity index (χ1v) is 10.9. The van der Waals surface area contributed by atoms with E-state index >= 15 is 0 Å². The summed E-state index contributed by atoms with van der Waals surface area (Å²) in [6.45, 7) is 6.38. The Morgan fingerprint density at radius 3 is 2.37 bits per heavy atom. The maximum absolute atomic E-state index is 13.4. The van der Waals surface area contributed by atoms with Crippen molar-refractivity contribution in [1.82, 2.24) is 0 Å². The van der Waals surface area contributed by atoms with Gasteiger partial charge in [-0.15, -0.1) is 0 Å². The summed E-state index contributed by atoms with van der Waals surface area (Å²) in [5.74, 6) is -0.508. The third-order valence-electron chi connectivity index (χ3n) is 7.53. The van der Waals surface area contributed by atoms with Crippen molar-refractivity contribution in [3.05, 3.63) is 64.6 Å². The van der Waals surface area contributed by atoms with Gasteiger partial charge in [0.05, 0.1) is 16.7 Å². The molecule has 1 N–H and O–H groups in total. The summed E-state index contributed by atoms with van der Waals surface area (Å²) in [5, 5.41) is 7.38. The molecular weight excluding hydrogens is 444 g/mol. The summed E-state index contributed by atoms with van der Waals surface area (Å²) in [6.07, 6.45) is 2.10. The molecule has 30 heavy (non-hydrogen) atoms. The lowest BCUT2D eigenvalue weighted by Crippen LogP contribution is -2.43. The number of nitrogens with one attached hydrogen (secondary N) is 1. The number of hydrogen-bond acceptors (Lipinski definition) is 4. The van der Waals surface area contributed by atoms with E-state index in [4.69, 9.17) is 4.84 Å². The number of carbonyl (C=O) groups excluding carboxylic acids is 2. The van der Waals surface area contributed by atoms with E-state index in [1.807, 2.05) is 36.4 Å². The first-order valence-electron chi connectivity index (χ1n) is 10.1. The highest BCUT2D eigenvalue weighted by Crippen LogP contribution is 2.71.